The molecule has 1 aromatic carbocycles. The van der Waals surface area contributed by atoms with Gasteiger partial charge in [0.15, 0.2) is 0 Å². The number of aliphatic hydroxyl groups excluding tert-OH is 1. The molecule has 1 aliphatic heterocycles. The van der Waals surface area contributed by atoms with E-state index in [9.17, 15) is 17.9 Å². The summed E-state index contributed by atoms with van der Waals surface area (Å²) in [6.07, 6.45) is -0.291. The second kappa shape index (κ2) is 4.64. The lowest BCUT2D eigenvalue weighted by Crippen LogP contribution is -2.30. The van der Waals surface area contributed by atoms with Crippen molar-refractivity contribution in [3.63, 3.8) is 0 Å². The van der Waals surface area contributed by atoms with Crippen LogP contribution in [0.2, 0.25) is 0 Å². The van der Waals surface area contributed by atoms with Crippen LogP contribution in [0.25, 0.3) is 0 Å². The zero-order valence-electron chi connectivity index (χ0n) is 8.81. The van der Waals surface area contributed by atoms with Gasteiger partial charge in [-0.1, -0.05) is 6.07 Å². The summed E-state index contributed by atoms with van der Waals surface area (Å²) >= 11 is 3.04. The molecule has 1 N–H and O–H groups in total. The molecular weight excluding hydrogens is 313 g/mol. The Bertz CT molecular complexity index is 514. The number of nitrogens with zero attached hydrogens (tertiary/aromatic N) is 1. The van der Waals surface area contributed by atoms with E-state index in [0.717, 1.165) is 10.4 Å². The fourth-order valence-corrected chi connectivity index (χ4v) is 4.34. The van der Waals surface area contributed by atoms with Crippen LogP contribution in [-0.2, 0) is 10.0 Å². The molecule has 4 nitrogen and oxygen atoms in total. The van der Waals surface area contributed by atoms with Gasteiger partial charge in [0.2, 0.25) is 10.0 Å². The van der Waals surface area contributed by atoms with Crippen LogP contribution in [0.3, 0.4) is 0 Å². The van der Waals surface area contributed by atoms with E-state index in [0.29, 0.717) is 6.42 Å². The summed E-state index contributed by atoms with van der Waals surface area (Å²) in [5.74, 6) is -0.791. The fraction of sp³-hybridized carbons (Fsp3) is 0.400. The third-order valence-corrected chi connectivity index (χ3v) is 5.51. The van der Waals surface area contributed by atoms with Crippen LogP contribution in [-0.4, -0.2) is 37.0 Å². The molecule has 0 saturated carbocycles. The monoisotopic (exact) mass is 323 g/mol. The molecule has 0 bridgehead atoms. The lowest BCUT2D eigenvalue weighted by Gasteiger charge is -2.17. The van der Waals surface area contributed by atoms with Gasteiger partial charge in [0.05, 0.1) is 6.10 Å². The average molecular weight is 324 g/mol. The maximum atomic E-state index is 13.6. The summed E-state index contributed by atoms with van der Waals surface area (Å²) in [5.41, 5.74) is 0. The Morgan fingerprint density at radius 3 is 2.71 bits per heavy atom. The molecule has 2 rings (SSSR count). The number of benzene rings is 1. The van der Waals surface area contributed by atoms with Gasteiger partial charge in [0.1, 0.15) is 10.7 Å². The summed E-state index contributed by atoms with van der Waals surface area (Å²) < 4.78 is 39.2. The molecule has 0 amide bonds. The fourth-order valence-electron chi connectivity index (χ4n) is 1.79. The van der Waals surface area contributed by atoms with E-state index in [-0.39, 0.29) is 22.5 Å². The quantitative estimate of drug-likeness (QED) is 0.893. The van der Waals surface area contributed by atoms with Crippen molar-refractivity contribution < 1.29 is 17.9 Å². The van der Waals surface area contributed by atoms with Crippen molar-refractivity contribution in [1.82, 2.24) is 4.31 Å². The van der Waals surface area contributed by atoms with Gasteiger partial charge in [-0.25, -0.2) is 12.8 Å². The van der Waals surface area contributed by atoms with E-state index < -0.39 is 21.9 Å². The van der Waals surface area contributed by atoms with Crippen LogP contribution in [0.4, 0.5) is 4.39 Å². The molecule has 0 radical (unpaired) electrons. The van der Waals surface area contributed by atoms with Crippen molar-refractivity contribution in [2.45, 2.75) is 17.4 Å². The highest BCUT2D eigenvalue weighted by atomic mass is 79.9. The number of hydrogen-bond donors (Lipinski definition) is 1. The molecule has 0 aromatic heterocycles. The van der Waals surface area contributed by atoms with Crippen LogP contribution in [0, 0.1) is 5.82 Å². The second-order valence-corrected chi connectivity index (χ2v) is 6.59. The minimum atomic E-state index is -3.88. The molecule has 0 aliphatic carbocycles. The first-order chi connectivity index (χ1) is 7.93. The van der Waals surface area contributed by atoms with Crippen molar-refractivity contribution in [3.8, 4) is 0 Å². The minimum Gasteiger partial charge on any atom is -0.392 e. The van der Waals surface area contributed by atoms with Crippen LogP contribution in [0.1, 0.15) is 6.42 Å². The third kappa shape index (κ3) is 2.37. The van der Waals surface area contributed by atoms with Gasteiger partial charge in [-0.15, -0.1) is 0 Å². The van der Waals surface area contributed by atoms with Gasteiger partial charge in [0.25, 0.3) is 0 Å². The van der Waals surface area contributed by atoms with Gasteiger partial charge in [-0.2, -0.15) is 4.31 Å². The van der Waals surface area contributed by atoms with Crippen molar-refractivity contribution in [3.05, 3.63) is 28.5 Å². The average Bonchev–Trinajstić information content (AvgIpc) is 2.64. The lowest BCUT2D eigenvalue weighted by molar-refractivity contribution is 0.189. The summed E-state index contributed by atoms with van der Waals surface area (Å²) in [6, 6.07) is 4.00. The Morgan fingerprint density at radius 2 is 2.18 bits per heavy atom. The normalized spacial score (nSPS) is 21.9. The predicted molar refractivity (Wildman–Crippen MR) is 63.5 cm³/mol. The SMILES string of the molecule is O=S(=O)(c1c(F)cccc1Br)N1CC[C@@H](O)C1. The maximum Gasteiger partial charge on any atom is 0.247 e. The largest absolute Gasteiger partial charge is 0.392 e. The van der Waals surface area contributed by atoms with Gasteiger partial charge in [-0.3, -0.25) is 0 Å². The molecule has 1 saturated heterocycles. The maximum absolute atomic E-state index is 13.6. The standard InChI is InChI=1S/C10H11BrFNO3S/c11-8-2-1-3-9(12)10(8)17(15,16)13-5-4-7(14)6-13/h1-3,7,14H,4-6H2/t7-/m1/s1. The predicted octanol–water partition coefficient (Wildman–Crippen LogP) is 1.34. The highest BCUT2D eigenvalue weighted by Gasteiger charge is 2.34. The molecule has 1 atom stereocenters. The molecular formula is C10H11BrFNO3S. The first kappa shape index (κ1) is 12.9. The third-order valence-electron chi connectivity index (χ3n) is 2.64. The molecule has 1 aliphatic rings. The molecule has 0 spiro atoms. The van der Waals surface area contributed by atoms with Crippen LogP contribution >= 0.6 is 15.9 Å². The summed E-state index contributed by atoms with van der Waals surface area (Å²) in [4.78, 5) is -0.367. The van der Waals surface area contributed by atoms with Crippen molar-refractivity contribution in [2.24, 2.45) is 0 Å². The van der Waals surface area contributed by atoms with Crippen LogP contribution < -0.4 is 0 Å². The Morgan fingerprint density at radius 1 is 1.47 bits per heavy atom. The molecule has 1 aromatic rings. The number of β-amino-alcohol motifs (C(OH)–C–C–N with tert-alkyl or cyclic N) is 1. The zero-order chi connectivity index (χ0) is 12.6. The Hall–Kier alpha value is -0.500. The van der Waals surface area contributed by atoms with Gasteiger partial charge < -0.3 is 5.11 Å². The van der Waals surface area contributed by atoms with Crippen molar-refractivity contribution in [2.75, 3.05) is 13.1 Å². The smallest absolute Gasteiger partial charge is 0.247 e. The summed E-state index contributed by atoms with van der Waals surface area (Å²) in [7, 11) is -3.88. The van der Waals surface area contributed by atoms with E-state index in [1.807, 2.05) is 0 Å². The topological polar surface area (TPSA) is 57.6 Å². The summed E-state index contributed by atoms with van der Waals surface area (Å²) in [5, 5.41) is 9.34. The Labute approximate surface area is 107 Å². The van der Waals surface area contributed by atoms with E-state index >= 15 is 0 Å². The van der Waals surface area contributed by atoms with Crippen LogP contribution in [0.5, 0.6) is 0 Å². The second-order valence-electron chi connectivity index (χ2n) is 3.86. The summed E-state index contributed by atoms with van der Waals surface area (Å²) in [6.45, 7) is 0.230. The first-order valence-electron chi connectivity index (χ1n) is 5.05. The lowest BCUT2D eigenvalue weighted by atomic mass is 10.3. The molecule has 1 fully saturated rings. The van der Waals surface area contributed by atoms with E-state index in [4.69, 9.17) is 0 Å². The highest BCUT2D eigenvalue weighted by Crippen LogP contribution is 2.29. The van der Waals surface area contributed by atoms with Crippen LogP contribution in [0.15, 0.2) is 27.6 Å². The van der Waals surface area contributed by atoms with Gasteiger partial charge >= 0.3 is 0 Å². The van der Waals surface area contributed by atoms with Gasteiger partial charge in [0, 0.05) is 17.6 Å². The number of hydrogen-bond acceptors (Lipinski definition) is 3. The van der Waals surface area contributed by atoms with E-state index in [1.54, 1.807) is 0 Å². The number of rotatable bonds is 2. The molecule has 7 heteroatoms. The Balaban J connectivity index is 2.45. The zero-order valence-corrected chi connectivity index (χ0v) is 11.2. The van der Waals surface area contributed by atoms with E-state index in [1.165, 1.54) is 12.1 Å². The molecule has 17 heavy (non-hydrogen) atoms. The number of aliphatic hydroxyl groups is 1. The highest BCUT2D eigenvalue weighted by molar-refractivity contribution is 9.10. The number of sulfonamides is 1. The van der Waals surface area contributed by atoms with Gasteiger partial charge in [-0.05, 0) is 34.5 Å². The molecule has 0 unspecified atom stereocenters. The van der Waals surface area contributed by atoms with Crippen molar-refractivity contribution in [1.29, 1.82) is 0 Å². The minimum absolute atomic E-state index is 0.0170. The number of halogens is 2. The van der Waals surface area contributed by atoms with Crippen molar-refractivity contribution >= 4 is 26.0 Å². The first-order valence-corrected chi connectivity index (χ1v) is 7.28. The molecule has 1 heterocycles. The Kier molecular flexibility index (Phi) is 3.53. The van der Waals surface area contributed by atoms with E-state index in [2.05, 4.69) is 15.9 Å². The molecule has 94 valence electrons.